The maximum Gasteiger partial charge on any atom is 0.151 e. The topological polar surface area (TPSA) is 41.5 Å². The molecule has 2 aromatic carbocycles. The second-order valence-electron chi connectivity index (χ2n) is 5.17. The summed E-state index contributed by atoms with van der Waals surface area (Å²) < 4.78 is 7.32. The molecule has 0 fully saturated rings. The van der Waals surface area contributed by atoms with Crippen molar-refractivity contribution in [2.45, 2.75) is 12.2 Å². The van der Waals surface area contributed by atoms with Gasteiger partial charge in [-0.2, -0.15) is 0 Å². The third-order valence-electron chi connectivity index (χ3n) is 3.59. The number of benzene rings is 2. The van der Waals surface area contributed by atoms with Crippen LogP contribution in [0.15, 0.2) is 60.0 Å². The highest BCUT2D eigenvalue weighted by Gasteiger charge is 2.23. The van der Waals surface area contributed by atoms with Crippen LogP contribution in [0.25, 0.3) is 10.1 Å². The van der Waals surface area contributed by atoms with E-state index < -0.39 is 12.2 Å². The molecule has 3 nitrogen and oxygen atoms in total. The molecular formula is C18H19NO2S. The maximum atomic E-state index is 10.5. The van der Waals surface area contributed by atoms with Crippen molar-refractivity contribution in [3.8, 4) is 5.75 Å². The minimum absolute atomic E-state index is 0.402. The first-order valence-corrected chi connectivity index (χ1v) is 8.18. The average molecular weight is 313 g/mol. The fourth-order valence-corrected chi connectivity index (χ4v) is 3.38. The number of rotatable bonds is 6. The van der Waals surface area contributed by atoms with Gasteiger partial charge in [-0.3, -0.25) is 0 Å². The lowest BCUT2D eigenvalue weighted by atomic mass is 10.0. The third kappa shape index (κ3) is 3.14. The van der Waals surface area contributed by atoms with Gasteiger partial charge >= 0.3 is 0 Å². The lowest BCUT2D eigenvalue weighted by molar-refractivity contribution is 0.0380. The van der Waals surface area contributed by atoms with E-state index in [-0.39, 0.29) is 0 Å². The largest absolute Gasteiger partial charge is 0.481 e. The third-order valence-corrected chi connectivity index (χ3v) is 4.53. The maximum absolute atomic E-state index is 10.5. The predicted molar refractivity (Wildman–Crippen MR) is 91.6 cm³/mol. The molecule has 2 N–H and O–H groups in total. The Morgan fingerprint density at radius 1 is 1.09 bits per heavy atom. The van der Waals surface area contributed by atoms with E-state index >= 15 is 0 Å². The SMILES string of the molecule is CNC[C@@H](O)[C@H](Oc1cccc2ccsc12)c1ccccc1. The van der Waals surface area contributed by atoms with E-state index in [1.54, 1.807) is 11.3 Å². The van der Waals surface area contributed by atoms with E-state index in [0.717, 1.165) is 21.4 Å². The van der Waals surface area contributed by atoms with Gasteiger partial charge in [0.25, 0.3) is 0 Å². The van der Waals surface area contributed by atoms with E-state index in [9.17, 15) is 5.11 Å². The molecule has 0 spiro atoms. The van der Waals surface area contributed by atoms with Crippen molar-refractivity contribution < 1.29 is 9.84 Å². The molecule has 0 unspecified atom stereocenters. The summed E-state index contributed by atoms with van der Waals surface area (Å²) in [6.07, 6.45) is -1.02. The Balaban J connectivity index is 1.94. The van der Waals surface area contributed by atoms with Crippen LogP contribution in [0.4, 0.5) is 0 Å². The molecule has 0 aliphatic heterocycles. The molecule has 0 bridgehead atoms. The van der Waals surface area contributed by atoms with Crippen molar-refractivity contribution in [1.29, 1.82) is 0 Å². The van der Waals surface area contributed by atoms with Gasteiger partial charge in [0.2, 0.25) is 0 Å². The number of hydrogen-bond acceptors (Lipinski definition) is 4. The summed E-state index contributed by atoms with van der Waals surface area (Å²) >= 11 is 1.65. The van der Waals surface area contributed by atoms with E-state index in [0.29, 0.717) is 6.54 Å². The van der Waals surface area contributed by atoms with Gasteiger partial charge in [0, 0.05) is 6.54 Å². The molecule has 0 radical (unpaired) electrons. The summed E-state index contributed by atoms with van der Waals surface area (Å²) in [6.45, 7) is 0.472. The molecule has 0 saturated carbocycles. The minimum Gasteiger partial charge on any atom is -0.481 e. The molecule has 0 saturated heterocycles. The van der Waals surface area contributed by atoms with Crippen LogP contribution in [0, 0.1) is 0 Å². The molecule has 1 heterocycles. The molecule has 0 aliphatic carbocycles. The Bertz CT molecular complexity index is 726. The van der Waals surface area contributed by atoms with Gasteiger partial charge in [0.05, 0.1) is 4.70 Å². The second kappa shape index (κ2) is 6.92. The molecule has 3 rings (SSSR count). The fraction of sp³-hybridized carbons (Fsp3) is 0.222. The van der Waals surface area contributed by atoms with Crippen LogP contribution in [-0.4, -0.2) is 24.8 Å². The van der Waals surface area contributed by atoms with E-state index in [1.807, 2.05) is 49.5 Å². The van der Waals surface area contributed by atoms with Crippen molar-refractivity contribution in [2.75, 3.05) is 13.6 Å². The number of aliphatic hydroxyl groups is 1. The Kier molecular flexibility index (Phi) is 4.73. The normalized spacial score (nSPS) is 13.9. The molecule has 2 atom stereocenters. The smallest absolute Gasteiger partial charge is 0.151 e. The predicted octanol–water partition coefficient (Wildman–Crippen LogP) is 3.60. The Morgan fingerprint density at radius 2 is 1.91 bits per heavy atom. The quantitative estimate of drug-likeness (QED) is 0.730. The summed E-state index contributed by atoms with van der Waals surface area (Å²) in [5.74, 6) is 0.816. The van der Waals surface area contributed by atoms with Crippen molar-refractivity contribution in [3.05, 3.63) is 65.5 Å². The molecular weight excluding hydrogens is 294 g/mol. The first-order chi connectivity index (χ1) is 10.8. The summed E-state index contributed by atoms with van der Waals surface area (Å²) in [5, 5.41) is 16.7. The van der Waals surface area contributed by atoms with Gasteiger partial charge < -0.3 is 15.2 Å². The summed E-state index contributed by atoms with van der Waals surface area (Å²) in [6, 6.07) is 17.9. The highest BCUT2D eigenvalue weighted by molar-refractivity contribution is 7.17. The fourth-order valence-electron chi connectivity index (χ4n) is 2.52. The van der Waals surface area contributed by atoms with Crippen LogP contribution in [0.1, 0.15) is 11.7 Å². The number of thiophene rings is 1. The number of ether oxygens (including phenoxy) is 1. The lowest BCUT2D eigenvalue weighted by Crippen LogP contribution is -2.32. The van der Waals surface area contributed by atoms with E-state index in [2.05, 4.69) is 22.8 Å². The van der Waals surface area contributed by atoms with Gasteiger partial charge in [0.15, 0.2) is 6.10 Å². The first-order valence-electron chi connectivity index (χ1n) is 7.30. The monoisotopic (exact) mass is 313 g/mol. The van der Waals surface area contributed by atoms with Crippen LogP contribution >= 0.6 is 11.3 Å². The zero-order valence-corrected chi connectivity index (χ0v) is 13.2. The van der Waals surface area contributed by atoms with Crippen molar-refractivity contribution in [3.63, 3.8) is 0 Å². The summed E-state index contributed by atoms with van der Waals surface area (Å²) in [7, 11) is 1.82. The van der Waals surface area contributed by atoms with E-state index in [1.165, 1.54) is 0 Å². The summed E-state index contributed by atoms with van der Waals surface area (Å²) in [4.78, 5) is 0. The number of nitrogens with one attached hydrogen (secondary N) is 1. The second-order valence-corrected chi connectivity index (χ2v) is 6.09. The summed E-state index contributed by atoms with van der Waals surface area (Å²) in [5.41, 5.74) is 0.971. The Morgan fingerprint density at radius 3 is 2.68 bits per heavy atom. The van der Waals surface area contributed by atoms with Gasteiger partial charge in [-0.15, -0.1) is 11.3 Å². The molecule has 22 heavy (non-hydrogen) atoms. The molecule has 3 aromatic rings. The van der Waals surface area contributed by atoms with Crippen LogP contribution in [0.3, 0.4) is 0 Å². The average Bonchev–Trinajstić information content (AvgIpc) is 3.03. The number of likely N-dealkylation sites (N-methyl/N-ethyl adjacent to an activating group) is 1. The standard InChI is InChI=1S/C18H19NO2S/c1-19-12-15(20)17(13-6-3-2-4-7-13)21-16-9-5-8-14-10-11-22-18(14)16/h2-11,15,17,19-20H,12H2,1H3/t15-,17-/m1/s1. The van der Waals surface area contributed by atoms with Crippen LogP contribution in [0.5, 0.6) is 5.75 Å². The first kappa shape index (κ1) is 15.0. The van der Waals surface area contributed by atoms with Gasteiger partial charge in [0.1, 0.15) is 11.9 Å². The molecule has 1 aromatic heterocycles. The van der Waals surface area contributed by atoms with Crippen molar-refractivity contribution in [2.24, 2.45) is 0 Å². The van der Waals surface area contributed by atoms with Crippen LogP contribution in [0.2, 0.25) is 0 Å². The zero-order chi connectivity index (χ0) is 15.4. The van der Waals surface area contributed by atoms with Gasteiger partial charge in [-0.05, 0) is 35.5 Å². The highest BCUT2D eigenvalue weighted by atomic mass is 32.1. The van der Waals surface area contributed by atoms with Crippen molar-refractivity contribution >= 4 is 21.4 Å². The number of fused-ring (bicyclic) bond motifs is 1. The molecule has 0 amide bonds. The minimum atomic E-state index is -0.623. The Hall–Kier alpha value is -1.88. The van der Waals surface area contributed by atoms with Gasteiger partial charge in [-0.25, -0.2) is 0 Å². The van der Waals surface area contributed by atoms with E-state index in [4.69, 9.17) is 4.74 Å². The van der Waals surface area contributed by atoms with Crippen molar-refractivity contribution in [1.82, 2.24) is 5.32 Å². The molecule has 4 heteroatoms. The van der Waals surface area contributed by atoms with Gasteiger partial charge in [-0.1, -0.05) is 42.5 Å². The Labute approximate surface area is 134 Å². The number of hydrogen-bond donors (Lipinski definition) is 2. The molecule has 0 aliphatic rings. The number of aliphatic hydroxyl groups excluding tert-OH is 1. The zero-order valence-electron chi connectivity index (χ0n) is 12.4. The van der Waals surface area contributed by atoms with Crippen LogP contribution < -0.4 is 10.1 Å². The van der Waals surface area contributed by atoms with Crippen LogP contribution in [-0.2, 0) is 0 Å². The molecule has 114 valence electrons. The lowest BCUT2D eigenvalue weighted by Gasteiger charge is -2.25. The highest BCUT2D eigenvalue weighted by Crippen LogP contribution is 2.34.